The van der Waals surface area contributed by atoms with Gasteiger partial charge in [0.1, 0.15) is 0 Å². The molecule has 2 heterocycles. The third-order valence-corrected chi connectivity index (χ3v) is 4.37. The number of rotatable bonds is 5. The second-order valence-corrected chi connectivity index (χ2v) is 6.57. The molecule has 2 aromatic heterocycles. The zero-order chi connectivity index (χ0) is 16.4. The lowest BCUT2D eigenvalue weighted by Crippen LogP contribution is -2.13. The molecule has 3 aromatic rings. The number of thioether (sulfide) groups is 1. The molecule has 0 fully saturated rings. The first-order valence-electron chi connectivity index (χ1n) is 7.71. The van der Waals surface area contributed by atoms with E-state index in [0.29, 0.717) is 5.92 Å². The Morgan fingerprint density at radius 1 is 1.09 bits per heavy atom. The lowest BCUT2D eigenvalue weighted by atomic mass is 10.1. The summed E-state index contributed by atoms with van der Waals surface area (Å²) in [5.41, 5.74) is 3.22. The van der Waals surface area contributed by atoms with E-state index in [1.54, 1.807) is 16.3 Å². The minimum Gasteiger partial charge on any atom is -0.348 e. The van der Waals surface area contributed by atoms with Crippen molar-refractivity contribution in [2.45, 2.75) is 37.9 Å². The molecule has 1 atom stereocenters. The molecule has 0 amide bonds. The minimum atomic E-state index is 0.135. The highest BCUT2D eigenvalue weighted by molar-refractivity contribution is 7.98. The van der Waals surface area contributed by atoms with Crippen LogP contribution in [0.15, 0.2) is 41.7 Å². The van der Waals surface area contributed by atoms with Gasteiger partial charge in [-0.15, -0.1) is 0 Å². The maximum Gasteiger partial charge on any atom is 0.228 e. The zero-order valence-electron chi connectivity index (χ0n) is 13.8. The van der Waals surface area contributed by atoms with Crippen molar-refractivity contribution in [1.29, 1.82) is 0 Å². The van der Waals surface area contributed by atoms with Gasteiger partial charge in [-0.25, -0.2) is 4.98 Å². The van der Waals surface area contributed by atoms with E-state index in [9.17, 15) is 0 Å². The molecule has 1 unspecified atom stereocenters. The monoisotopic (exact) mass is 327 g/mol. The number of benzene rings is 1. The summed E-state index contributed by atoms with van der Waals surface area (Å²) in [5.74, 6) is 1.10. The maximum absolute atomic E-state index is 4.63. The van der Waals surface area contributed by atoms with E-state index in [4.69, 9.17) is 0 Å². The van der Waals surface area contributed by atoms with E-state index >= 15 is 0 Å². The largest absolute Gasteiger partial charge is 0.348 e. The van der Waals surface area contributed by atoms with Gasteiger partial charge in [-0.2, -0.15) is 14.6 Å². The van der Waals surface area contributed by atoms with Crippen LogP contribution in [-0.4, -0.2) is 25.8 Å². The molecule has 3 rings (SSSR count). The van der Waals surface area contributed by atoms with Crippen molar-refractivity contribution in [2.75, 3.05) is 11.6 Å². The van der Waals surface area contributed by atoms with Crippen LogP contribution in [0.25, 0.3) is 5.65 Å². The van der Waals surface area contributed by atoms with Gasteiger partial charge in [0.05, 0.1) is 12.2 Å². The second-order valence-electron chi connectivity index (χ2n) is 5.80. The summed E-state index contributed by atoms with van der Waals surface area (Å²) in [6, 6.07) is 10.5. The number of anilines is 1. The van der Waals surface area contributed by atoms with Gasteiger partial charge in [0.25, 0.3) is 0 Å². The van der Waals surface area contributed by atoms with Gasteiger partial charge in [0, 0.05) is 5.56 Å². The van der Waals surface area contributed by atoms with Crippen LogP contribution in [0.3, 0.4) is 0 Å². The minimum absolute atomic E-state index is 0.135. The van der Waals surface area contributed by atoms with Crippen molar-refractivity contribution in [3.8, 4) is 0 Å². The standard InChI is InChI=1S/C17H21N5S/c1-11(2)14-10-18-22-15(14)20-17(23-4)21-16(22)19-12(3)13-8-6-5-7-9-13/h5-12H,1-4H3,(H,19,20,21). The lowest BCUT2D eigenvalue weighted by molar-refractivity contribution is 0.784. The zero-order valence-corrected chi connectivity index (χ0v) is 14.6. The SMILES string of the molecule is CSc1nc(NC(C)c2ccccc2)n2ncc(C(C)C)c2n1. The molecule has 0 spiro atoms. The van der Waals surface area contributed by atoms with Crippen LogP contribution >= 0.6 is 11.8 Å². The normalized spacial score (nSPS) is 12.7. The van der Waals surface area contributed by atoms with Crippen LogP contribution in [0, 0.1) is 0 Å². The molecule has 5 nitrogen and oxygen atoms in total. The number of hydrogen-bond donors (Lipinski definition) is 1. The third-order valence-electron chi connectivity index (χ3n) is 3.82. The Morgan fingerprint density at radius 2 is 1.83 bits per heavy atom. The van der Waals surface area contributed by atoms with Gasteiger partial charge in [-0.05, 0) is 24.7 Å². The maximum atomic E-state index is 4.63. The van der Waals surface area contributed by atoms with Crippen LogP contribution in [0.1, 0.15) is 43.9 Å². The number of nitrogens with one attached hydrogen (secondary N) is 1. The van der Waals surface area contributed by atoms with E-state index in [-0.39, 0.29) is 6.04 Å². The summed E-state index contributed by atoms with van der Waals surface area (Å²) in [6.07, 6.45) is 3.87. The lowest BCUT2D eigenvalue weighted by Gasteiger charge is -2.16. The van der Waals surface area contributed by atoms with Crippen LogP contribution in [-0.2, 0) is 0 Å². The van der Waals surface area contributed by atoms with Crippen molar-refractivity contribution in [1.82, 2.24) is 19.6 Å². The fraction of sp³-hybridized carbons (Fsp3) is 0.353. The average Bonchev–Trinajstić information content (AvgIpc) is 2.99. The number of nitrogens with zero attached hydrogens (tertiary/aromatic N) is 4. The molecule has 1 N–H and O–H groups in total. The Labute approximate surface area is 140 Å². The summed E-state index contributed by atoms with van der Waals surface area (Å²) < 4.78 is 1.80. The Morgan fingerprint density at radius 3 is 2.48 bits per heavy atom. The molecule has 0 aliphatic rings. The first kappa shape index (κ1) is 15.8. The fourth-order valence-corrected chi connectivity index (χ4v) is 2.84. The Kier molecular flexibility index (Phi) is 4.52. The van der Waals surface area contributed by atoms with E-state index < -0.39 is 0 Å². The van der Waals surface area contributed by atoms with Crippen molar-refractivity contribution in [3.05, 3.63) is 47.7 Å². The van der Waals surface area contributed by atoms with Gasteiger partial charge in [0.15, 0.2) is 10.8 Å². The van der Waals surface area contributed by atoms with E-state index in [2.05, 4.69) is 53.3 Å². The van der Waals surface area contributed by atoms with E-state index in [0.717, 1.165) is 22.3 Å². The molecule has 0 saturated carbocycles. The quantitative estimate of drug-likeness (QED) is 0.714. The van der Waals surface area contributed by atoms with Gasteiger partial charge in [-0.1, -0.05) is 55.9 Å². The summed E-state index contributed by atoms with van der Waals surface area (Å²) >= 11 is 1.54. The van der Waals surface area contributed by atoms with Crippen molar-refractivity contribution in [3.63, 3.8) is 0 Å². The molecule has 0 aliphatic carbocycles. The molecule has 0 aliphatic heterocycles. The molecule has 0 radical (unpaired) electrons. The summed E-state index contributed by atoms with van der Waals surface area (Å²) in [4.78, 5) is 9.23. The van der Waals surface area contributed by atoms with Crippen molar-refractivity contribution in [2.24, 2.45) is 0 Å². The highest BCUT2D eigenvalue weighted by Crippen LogP contribution is 2.25. The average molecular weight is 327 g/mol. The van der Waals surface area contributed by atoms with Gasteiger partial charge >= 0.3 is 0 Å². The summed E-state index contributed by atoms with van der Waals surface area (Å²) in [7, 11) is 0. The smallest absolute Gasteiger partial charge is 0.228 e. The number of fused-ring (bicyclic) bond motifs is 1. The first-order chi connectivity index (χ1) is 11.1. The van der Waals surface area contributed by atoms with Crippen LogP contribution in [0.4, 0.5) is 5.95 Å². The highest BCUT2D eigenvalue weighted by Gasteiger charge is 2.16. The first-order valence-corrected chi connectivity index (χ1v) is 8.93. The van der Waals surface area contributed by atoms with Gasteiger partial charge < -0.3 is 5.32 Å². The van der Waals surface area contributed by atoms with Gasteiger partial charge in [-0.3, -0.25) is 0 Å². The predicted molar refractivity (Wildman–Crippen MR) is 95.1 cm³/mol. The number of hydrogen-bond acceptors (Lipinski definition) is 5. The van der Waals surface area contributed by atoms with Crippen molar-refractivity contribution >= 4 is 23.4 Å². The molecular weight excluding hydrogens is 306 g/mol. The Hall–Kier alpha value is -2.08. The second kappa shape index (κ2) is 6.58. The van der Waals surface area contributed by atoms with Crippen LogP contribution in [0.5, 0.6) is 0 Å². The molecule has 1 aromatic carbocycles. The molecule has 0 saturated heterocycles. The van der Waals surface area contributed by atoms with E-state index in [1.165, 1.54) is 5.56 Å². The molecule has 0 bridgehead atoms. The molecular formula is C17H21N5S. The van der Waals surface area contributed by atoms with Gasteiger partial charge in [0.2, 0.25) is 5.95 Å². The molecule has 6 heteroatoms. The predicted octanol–water partition coefficient (Wildman–Crippen LogP) is 4.14. The third kappa shape index (κ3) is 3.17. The van der Waals surface area contributed by atoms with Crippen LogP contribution < -0.4 is 5.32 Å². The molecule has 23 heavy (non-hydrogen) atoms. The Balaban J connectivity index is 2.03. The Bertz CT molecular complexity index is 797. The number of aromatic nitrogens is 4. The van der Waals surface area contributed by atoms with E-state index in [1.807, 2.05) is 30.7 Å². The highest BCUT2D eigenvalue weighted by atomic mass is 32.2. The fourth-order valence-electron chi connectivity index (χ4n) is 2.49. The van der Waals surface area contributed by atoms with Crippen LogP contribution in [0.2, 0.25) is 0 Å². The topological polar surface area (TPSA) is 55.1 Å². The van der Waals surface area contributed by atoms with Crippen molar-refractivity contribution < 1.29 is 0 Å². The summed E-state index contributed by atoms with van der Waals surface area (Å²) in [5, 5.41) is 8.70. The summed E-state index contributed by atoms with van der Waals surface area (Å²) in [6.45, 7) is 6.42. The molecule has 120 valence electrons.